The molecule has 0 aliphatic heterocycles. The number of thiophene rings is 1. The fraction of sp³-hybridized carbons (Fsp3) is 0.389. The lowest BCUT2D eigenvalue weighted by Crippen LogP contribution is -2.38. The molecule has 1 aromatic carbocycles. The van der Waals surface area contributed by atoms with Crippen molar-refractivity contribution in [2.75, 3.05) is 26.1 Å². The first-order valence-corrected chi connectivity index (χ1v) is 8.91. The molecule has 5 nitrogen and oxygen atoms in total. The number of benzene rings is 1. The van der Waals surface area contributed by atoms with Crippen molar-refractivity contribution in [3.05, 3.63) is 40.6 Å². The quantitative estimate of drug-likeness (QED) is 0.824. The average molecular weight is 346 g/mol. The van der Waals surface area contributed by atoms with Gasteiger partial charge < -0.3 is 19.7 Å². The van der Waals surface area contributed by atoms with Crippen molar-refractivity contribution in [3.8, 4) is 11.5 Å². The molecule has 128 valence electrons. The van der Waals surface area contributed by atoms with Crippen LogP contribution in [0, 0.1) is 0 Å². The molecule has 1 saturated carbocycles. The number of hydrogen-bond donors (Lipinski definition) is 1. The van der Waals surface area contributed by atoms with E-state index in [2.05, 4.69) is 16.8 Å². The fourth-order valence-corrected chi connectivity index (χ4v) is 3.33. The highest BCUT2D eigenvalue weighted by Gasteiger charge is 2.32. The van der Waals surface area contributed by atoms with E-state index >= 15 is 0 Å². The fourth-order valence-electron chi connectivity index (χ4n) is 2.63. The van der Waals surface area contributed by atoms with Crippen LogP contribution in [0.5, 0.6) is 11.5 Å². The van der Waals surface area contributed by atoms with E-state index in [9.17, 15) is 4.79 Å². The maximum Gasteiger partial charge on any atom is 0.322 e. The third kappa shape index (κ3) is 4.00. The van der Waals surface area contributed by atoms with Gasteiger partial charge in [-0.15, -0.1) is 11.3 Å². The van der Waals surface area contributed by atoms with Gasteiger partial charge in [-0.2, -0.15) is 0 Å². The van der Waals surface area contributed by atoms with Crippen molar-refractivity contribution in [1.82, 2.24) is 4.90 Å². The molecular weight excluding hydrogens is 324 g/mol. The maximum atomic E-state index is 12.7. The summed E-state index contributed by atoms with van der Waals surface area (Å²) in [6.07, 6.45) is 3.07. The van der Waals surface area contributed by atoms with Crippen LogP contribution >= 0.6 is 11.3 Å². The molecule has 1 aromatic heterocycles. The van der Waals surface area contributed by atoms with Crippen LogP contribution in [-0.2, 0) is 6.42 Å². The Kier molecular flexibility index (Phi) is 5.25. The molecule has 1 N–H and O–H groups in total. The van der Waals surface area contributed by atoms with Crippen molar-refractivity contribution in [2.45, 2.75) is 25.3 Å². The predicted molar refractivity (Wildman–Crippen MR) is 96.3 cm³/mol. The molecule has 24 heavy (non-hydrogen) atoms. The number of hydrogen-bond acceptors (Lipinski definition) is 4. The Morgan fingerprint density at radius 2 is 2.04 bits per heavy atom. The number of nitrogens with one attached hydrogen (secondary N) is 1. The molecule has 1 heterocycles. The second-order valence-corrected chi connectivity index (χ2v) is 6.79. The number of nitrogens with zero attached hydrogens (tertiary/aromatic N) is 1. The second-order valence-electron chi connectivity index (χ2n) is 5.75. The molecule has 0 saturated heterocycles. The Morgan fingerprint density at radius 3 is 2.67 bits per heavy atom. The molecule has 3 rings (SSSR count). The van der Waals surface area contributed by atoms with Gasteiger partial charge in [-0.1, -0.05) is 6.07 Å². The van der Waals surface area contributed by atoms with Gasteiger partial charge in [-0.3, -0.25) is 0 Å². The summed E-state index contributed by atoms with van der Waals surface area (Å²) in [6.45, 7) is 0.740. The summed E-state index contributed by atoms with van der Waals surface area (Å²) in [6, 6.07) is 9.87. The topological polar surface area (TPSA) is 50.8 Å². The van der Waals surface area contributed by atoms with Crippen LogP contribution in [0.25, 0.3) is 0 Å². The Balaban J connectivity index is 1.65. The monoisotopic (exact) mass is 346 g/mol. The van der Waals surface area contributed by atoms with E-state index in [1.165, 1.54) is 4.88 Å². The Labute approximate surface area is 146 Å². The van der Waals surface area contributed by atoms with Gasteiger partial charge in [-0.25, -0.2) is 4.79 Å². The minimum atomic E-state index is -0.0544. The summed E-state index contributed by atoms with van der Waals surface area (Å²) in [5.74, 6) is 1.25. The summed E-state index contributed by atoms with van der Waals surface area (Å²) in [5.41, 5.74) is 0.708. The molecule has 0 radical (unpaired) electrons. The summed E-state index contributed by atoms with van der Waals surface area (Å²) in [7, 11) is 3.18. The molecule has 2 amide bonds. The normalized spacial score (nSPS) is 13.4. The van der Waals surface area contributed by atoms with Crippen LogP contribution in [0.2, 0.25) is 0 Å². The number of ether oxygens (including phenoxy) is 2. The summed E-state index contributed by atoms with van der Waals surface area (Å²) in [4.78, 5) is 15.9. The number of amides is 2. The average Bonchev–Trinajstić information content (AvgIpc) is 3.29. The number of carbonyl (C=O) groups excluding carboxylic acids is 1. The lowest BCUT2D eigenvalue weighted by atomic mass is 10.2. The number of urea groups is 1. The van der Waals surface area contributed by atoms with Gasteiger partial charge in [0.1, 0.15) is 0 Å². The van der Waals surface area contributed by atoms with Gasteiger partial charge in [0.15, 0.2) is 11.5 Å². The first-order chi connectivity index (χ1) is 11.7. The van der Waals surface area contributed by atoms with E-state index < -0.39 is 0 Å². The van der Waals surface area contributed by atoms with Gasteiger partial charge in [0.25, 0.3) is 0 Å². The van der Waals surface area contributed by atoms with Crippen molar-refractivity contribution in [2.24, 2.45) is 0 Å². The van der Waals surface area contributed by atoms with E-state index in [1.54, 1.807) is 37.7 Å². The standard InChI is InChI=1S/C18H22N2O3S/c1-22-16-8-5-13(12-17(16)23-2)19-18(21)20(14-6-7-14)10-9-15-4-3-11-24-15/h3-5,8,11-12,14H,6-7,9-10H2,1-2H3,(H,19,21). The highest BCUT2D eigenvalue weighted by molar-refractivity contribution is 7.09. The molecule has 0 atom stereocenters. The van der Waals surface area contributed by atoms with Gasteiger partial charge in [0, 0.05) is 29.2 Å². The van der Waals surface area contributed by atoms with E-state index in [1.807, 2.05) is 17.0 Å². The van der Waals surface area contributed by atoms with Crippen LogP contribution in [0.15, 0.2) is 35.7 Å². The zero-order chi connectivity index (χ0) is 16.9. The minimum absolute atomic E-state index is 0.0544. The molecular formula is C18H22N2O3S. The highest BCUT2D eigenvalue weighted by atomic mass is 32.1. The Hall–Kier alpha value is -2.21. The summed E-state index contributed by atoms with van der Waals surface area (Å²) >= 11 is 1.73. The first kappa shape index (κ1) is 16.6. The largest absolute Gasteiger partial charge is 0.493 e. The molecule has 1 fully saturated rings. The van der Waals surface area contributed by atoms with Crippen molar-refractivity contribution >= 4 is 23.1 Å². The molecule has 2 aromatic rings. The molecule has 1 aliphatic carbocycles. The molecule has 6 heteroatoms. The zero-order valence-corrected chi connectivity index (χ0v) is 14.8. The maximum absolute atomic E-state index is 12.7. The van der Waals surface area contributed by atoms with Crippen LogP contribution < -0.4 is 14.8 Å². The first-order valence-electron chi connectivity index (χ1n) is 8.03. The van der Waals surface area contributed by atoms with Crippen molar-refractivity contribution in [1.29, 1.82) is 0 Å². The molecule has 1 aliphatic rings. The van der Waals surface area contributed by atoms with E-state index in [4.69, 9.17) is 9.47 Å². The van der Waals surface area contributed by atoms with E-state index in [0.29, 0.717) is 23.2 Å². The highest BCUT2D eigenvalue weighted by Crippen LogP contribution is 2.31. The number of methoxy groups -OCH3 is 2. The summed E-state index contributed by atoms with van der Waals surface area (Å²) < 4.78 is 10.5. The number of anilines is 1. The van der Waals surface area contributed by atoms with Gasteiger partial charge in [-0.05, 0) is 42.8 Å². The third-order valence-corrected chi connectivity index (χ3v) is 5.00. The van der Waals surface area contributed by atoms with E-state index in [0.717, 1.165) is 25.8 Å². The van der Waals surface area contributed by atoms with Gasteiger partial charge in [0.05, 0.1) is 14.2 Å². The third-order valence-electron chi connectivity index (χ3n) is 4.06. The minimum Gasteiger partial charge on any atom is -0.493 e. The van der Waals surface area contributed by atoms with Crippen LogP contribution in [0.1, 0.15) is 17.7 Å². The Morgan fingerprint density at radius 1 is 1.25 bits per heavy atom. The van der Waals surface area contributed by atoms with Crippen molar-refractivity contribution in [3.63, 3.8) is 0 Å². The molecule has 0 spiro atoms. The number of carbonyl (C=O) groups is 1. The second kappa shape index (κ2) is 7.57. The lowest BCUT2D eigenvalue weighted by Gasteiger charge is -2.23. The number of rotatable bonds is 7. The van der Waals surface area contributed by atoms with E-state index in [-0.39, 0.29) is 6.03 Å². The van der Waals surface area contributed by atoms with Gasteiger partial charge >= 0.3 is 6.03 Å². The smallest absolute Gasteiger partial charge is 0.322 e. The summed E-state index contributed by atoms with van der Waals surface area (Å²) in [5, 5.41) is 5.04. The molecule has 0 bridgehead atoms. The lowest BCUT2D eigenvalue weighted by molar-refractivity contribution is 0.209. The Bertz CT molecular complexity index is 684. The van der Waals surface area contributed by atoms with Crippen LogP contribution in [0.4, 0.5) is 10.5 Å². The van der Waals surface area contributed by atoms with Crippen LogP contribution in [-0.4, -0.2) is 37.7 Å². The van der Waals surface area contributed by atoms with Gasteiger partial charge in [0.2, 0.25) is 0 Å². The SMILES string of the molecule is COc1ccc(NC(=O)N(CCc2cccs2)C2CC2)cc1OC. The zero-order valence-electron chi connectivity index (χ0n) is 14.0. The van der Waals surface area contributed by atoms with Crippen LogP contribution in [0.3, 0.4) is 0 Å². The predicted octanol–water partition coefficient (Wildman–Crippen LogP) is 4.00. The molecule has 0 unspecified atom stereocenters. The van der Waals surface area contributed by atoms with Crippen molar-refractivity contribution < 1.29 is 14.3 Å².